The van der Waals surface area contributed by atoms with Crippen LogP contribution in [0.3, 0.4) is 0 Å². The third-order valence-electron chi connectivity index (χ3n) is 7.07. The molecule has 0 unspecified atom stereocenters. The molecule has 4 rings (SSSR count). The first-order valence-electron chi connectivity index (χ1n) is 11.5. The van der Waals surface area contributed by atoms with Gasteiger partial charge < -0.3 is 15.5 Å². The minimum atomic E-state index is -3.46. The first-order valence-corrected chi connectivity index (χ1v) is 13.4. The molecular formula is C25H34N4O3S. The quantitative estimate of drug-likeness (QED) is 0.587. The number of amides is 1. The number of nitrogens with zero attached hydrogens (tertiary/aromatic N) is 2. The van der Waals surface area contributed by atoms with Gasteiger partial charge in [0.05, 0.1) is 17.4 Å². The van der Waals surface area contributed by atoms with Crippen LogP contribution in [0.15, 0.2) is 42.5 Å². The Morgan fingerprint density at radius 1 is 1.15 bits per heavy atom. The van der Waals surface area contributed by atoms with Gasteiger partial charge in [-0.25, -0.2) is 8.42 Å². The van der Waals surface area contributed by atoms with Crippen molar-refractivity contribution >= 4 is 27.3 Å². The van der Waals surface area contributed by atoms with Gasteiger partial charge in [-0.2, -0.15) is 0 Å². The average Bonchev–Trinajstić information content (AvgIpc) is 3.42. The van der Waals surface area contributed by atoms with Gasteiger partial charge in [-0.3, -0.25) is 9.52 Å². The summed E-state index contributed by atoms with van der Waals surface area (Å²) in [5.74, 6) is -0.351. The highest BCUT2D eigenvalue weighted by molar-refractivity contribution is 7.92. The molecule has 1 atom stereocenters. The first kappa shape index (κ1) is 23.6. The molecule has 33 heavy (non-hydrogen) atoms. The minimum Gasteiger partial charge on any atom is -0.370 e. The summed E-state index contributed by atoms with van der Waals surface area (Å²) < 4.78 is 26.7. The van der Waals surface area contributed by atoms with Crippen LogP contribution in [0.4, 0.5) is 11.4 Å². The average molecular weight is 471 g/mol. The van der Waals surface area contributed by atoms with E-state index in [1.165, 1.54) is 11.3 Å². The summed E-state index contributed by atoms with van der Waals surface area (Å²) in [4.78, 5) is 16.7. The number of carbonyl (C=O) groups is 1. The number of sulfonamides is 1. The molecule has 1 aliphatic carbocycles. The molecule has 1 saturated heterocycles. The summed E-state index contributed by atoms with van der Waals surface area (Å²) in [6.07, 6.45) is 5.18. The third-order valence-corrected chi connectivity index (χ3v) is 7.66. The van der Waals surface area contributed by atoms with Crippen molar-refractivity contribution in [3.63, 3.8) is 0 Å². The number of carbonyl (C=O) groups excluding carboxylic acids is 1. The molecule has 2 aromatic rings. The summed E-state index contributed by atoms with van der Waals surface area (Å²) >= 11 is 0. The van der Waals surface area contributed by atoms with Crippen molar-refractivity contribution in [3.05, 3.63) is 59.2 Å². The van der Waals surface area contributed by atoms with Crippen LogP contribution in [0.2, 0.25) is 0 Å². The molecule has 1 heterocycles. The summed E-state index contributed by atoms with van der Waals surface area (Å²) in [5, 5.41) is 0. The molecule has 8 heteroatoms. The molecule has 1 aliphatic heterocycles. The Morgan fingerprint density at radius 3 is 2.45 bits per heavy atom. The number of rotatable bonds is 9. The van der Waals surface area contributed by atoms with Crippen LogP contribution in [0.5, 0.6) is 0 Å². The van der Waals surface area contributed by atoms with Crippen LogP contribution in [0.1, 0.15) is 36.0 Å². The highest BCUT2D eigenvalue weighted by Crippen LogP contribution is 2.48. The molecule has 178 valence electrons. The lowest BCUT2D eigenvalue weighted by Crippen LogP contribution is -2.31. The Bertz CT molecular complexity index is 1140. The Hall–Kier alpha value is -2.58. The number of nitrogens with two attached hydrogens (primary N) is 1. The van der Waals surface area contributed by atoms with Gasteiger partial charge in [0, 0.05) is 24.8 Å². The maximum atomic E-state index is 12.0. The SMILES string of the molecule is CN(C)[C@H]1CCN(c2ccccc2CCc2ccc(C3(C(N)=O)CC3)cc2NS(C)(=O)=O)C1. The lowest BCUT2D eigenvalue weighted by molar-refractivity contribution is -0.120. The molecule has 1 amide bonds. The number of primary amides is 1. The smallest absolute Gasteiger partial charge is 0.229 e. The van der Waals surface area contributed by atoms with Gasteiger partial charge in [0.15, 0.2) is 0 Å². The number of para-hydroxylation sites is 1. The number of aryl methyl sites for hydroxylation is 2. The fraction of sp³-hybridized carbons (Fsp3) is 0.480. The Kier molecular flexibility index (Phi) is 6.42. The zero-order valence-corrected chi connectivity index (χ0v) is 20.5. The van der Waals surface area contributed by atoms with Crippen molar-refractivity contribution in [2.24, 2.45) is 5.73 Å². The molecular weight excluding hydrogens is 436 g/mol. The molecule has 2 aromatic carbocycles. The summed E-state index contributed by atoms with van der Waals surface area (Å²) in [6, 6.07) is 14.7. The van der Waals surface area contributed by atoms with Crippen molar-refractivity contribution < 1.29 is 13.2 Å². The van der Waals surface area contributed by atoms with E-state index in [0.29, 0.717) is 31.0 Å². The second-order valence-electron chi connectivity index (χ2n) is 9.67. The Balaban J connectivity index is 1.57. The van der Waals surface area contributed by atoms with Crippen molar-refractivity contribution in [3.8, 4) is 0 Å². The van der Waals surface area contributed by atoms with E-state index in [-0.39, 0.29) is 5.91 Å². The van der Waals surface area contributed by atoms with E-state index in [4.69, 9.17) is 5.73 Å². The van der Waals surface area contributed by atoms with Crippen LogP contribution in [0, 0.1) is 0 Å². The standard InChI is InChI=1S/C25H34N4O3S/c1-28(2)21-12-15-29(17-21)23-7-5-4-6-19(23)9-8-18-10-11-20(25(13-14-25)24(26)30)16-22(18)27-33(3,31)32/h4-7,10-11,16,21,27H,8-9,12-15,17H2,1-3H3,(H2,26,30)/t21-/m0/s1. The molecule has 2 fully saturated rings. The number of nitrogens with one attached hydrogen (secondary N) is 1. The molecule has 1 saturated carbocycles. The highest BCUT2D eigenvalue weighted by Gasteiger charge is 2.50. The van der Waals surface area contributed by atoms with Gasteiger partial charge in [0.25, 0.3) is 0 Å². The van der Waals surface area contributed by atoms with Crippen LogP contribution in [0.25, 0.3) is 0 Å². The molecule has 0 radical (unpaired) electrons. The first-order chi connectivity index (χ1) is 15.6. The Morgan fingerprint density at radius 2 is 1.85 bits per heavy atom. The maximum absolute atomic E-state index is 12.0. The summed E-state index contributed by atoms with van der Waals surface area (Å²) in [7, 11) is 0.799. The zero-order valence-electron chi connectivity index (χ0n) is 19.7. The van der Waals surface area contributed by atoms with Gasteiger partial charge in [0.1, 0.15) is 0 Å². The van der Waals surface area contributed by atoms with Gasteiger partial charge >= 0.3 is 0 Å². The molecule has 3 N–H and O–H groups in total. The monoisotopic (exact) mass is 470 g/mol. The summed E-state index contributed by atoms with van der Waals surface area (Å²) in [5.41, 5.74) is 9.72. The third kappa shape index (κ3) is 5.17. The van der Waals surface area contributed by atoms with Crippen LogP contribution >= 0.6 is 0 Å². The van der Waals surface area contributed by atoms with E-state index in [2.05, 4.69) is 52.9 Å². The van der Waals surface area contributed by atoms with Gasteiger partial charge in [0.2, 0.25) is 15.9 Å². The normalized spacial score (nSPS) is 19.6. The molecule has 7 nitrogen and oxygen atoms in total. The number of benzene rings is 2. The van der Waals surface area contributed by atoms with Crippen molar-refractivity contribution in [1.82, 2.24) is 4.90 Å². The lowest BCUT2D eigenvalue weighted by Gasteiger charge is -2.24. The summed E-state index contributed by atoms with van der Waals surface area (Å²) in [6.45, 7) is 2.04. The fourth-order valence-corrected chi connectivity index (χ4v) is 5.46. The van der Waals surface area contributed by atoms with E-state index in [1.54, 1.807) is 6.07 Å². The van der Waals surface area contributed by atoms with E-state index in [9.17, 15) is 13.2 Å². The second kappa shape index (κ2) is 8.99. The van der Waals surface area contributed by atoms with Crippen molar-refractivity contribution in [2.45, 2.75) is 43.6 Å². The fourth-order valence-electron chi connectivity index (χ4n) is 4.87. The number of anilines is 2. The van der Waals surface area contributed by atoms with Gasteiger partial charge in [-0.15, -0.1) is 0 Å². The van der Waals surface area contributed by atoms with Gasteiger partial charge in [-0.05, 0) is 75.0 Å². The highest BCUT2D eigenvalue weighted by atomic mass is 32.2. The second-order valence-corrected chi connectivity index (χ2v) is 11.4. The van der Waals surface area contributed by atoms with E-state index in [1.807, 2.05) is 12.1 Å². The van der Waals surface area contributed by atoms with Crippen molar-refractivity contribution in [2.75, 3.05) is 43.1 Å². The molecule has 0 spiro atoms. The zero-order chi connectivity index (χ0) is 23.8. The van der Waals surface area contributed by atoms with Crippen LogP contribution in [-0.2, 0) is 33.1 Å². The minimum absolute atomic E-state index is 0.351. The van der Waals surface area contributed by atoms with Crippen LogP contribution in [-0.4, -0.2) is 58.7 Å². The molecule has 0 aromatic heterocycles. The van der Waals surface area contributed by atoms with E-state index >= 15 is 0 Å². The largest absolute Gasteiger partial charge is 0.370 e. The number of hydrogen-bond acceptors (Lipinski definition) is 5. The topological polar surface area (TPSA) is 95.7 Å². The predicted octanol–water partition coefficient (Wildman–Crippen LogP) is 2.50. The molecule has 2 aliphatic rings. The van der Waals surface area contributed by atoms with E-state index in [0.717, 1.165) is 43.3 Å². The lowest BCUT2D eigenvalue weighted by atomic mass is 9.92. The predicted molar refractivity (Wildman–Crippen MR) is 133 cm³/mol. The van der Waals surface area contributed by atoms with Crippen molar-refractivity contribution in [1.29, 1.82) is 0 Å². The number of likely N-dealkylation sites (N-methyl/N-ethyl adjacent to an activating group) is 1. The number of hydrogen-bond donors (Lipinski definition) is 2. The van der Waals surface area contributed by atoms with Gasteiger partial charge in [-0.1, -0.05) is 30.3 Å². The Labute approximate surface area is 197 Å². The van der Waals surface area contributed by atoms with E-state index < -0.39 is 15.4 Å². The van der Waals surface area contributed by atoms with Crippen LogP contribution < -0.4 is 15.4 Å². The molecule has 0 bridgehead atoms. The maximum Gasteiger partial charge on any atom is 0.229 e.